The average molecular weight is 262 g/mol. The number of hydrogen-bond donors (Lipinski definition) is 2. The zero-order valence-corrected chi connectivity index (χ0v) is 11.6. The summed E-state index contributed by atoms with van der Waals surface area (Å²) in [4.78, 5) is 8.21. The zero-order valence-electron chi connectivity index (χ0n) is 11.6. The Hall–Kier alpha value is -1.52. The van der Waals surface area contributed by atoms with Gasteiger partial charge >= 0.3 is 0 Å². The molecule has 4 atom stereocenters. The fraction of sp³-hybridized carbons (Fsp3) is 0.714. The Morgan fingerprint density at radius 1 is 1.37 bits per heavy atom. The van der Waals surface area contributed by atoms with E-state index >= 15 is 0 Å². The van der Waals surface area contributed by atoms with Crippen molar-refractivity contribution in [2.75, 3.05) is 18.2 Å². The highest BCUT2D eigenvalue weighted by Gasteiger charge is 2.42. The van der Waals surface area contributed by atoms with E-state index in [0.717, 1.165) is 17.8 Å². The third-order valence-electron chi connectivity index (χ3n) is 4.83. The zero-order chi connectivity index (χ0) is 13.4. The summed E-state index contributed by atoms with van der Waals surface area (Å²) in [5.41, 5.74) is 5.81. The molecule has 5 heteroatoms. The lowest BCUT2D eigenvalue weighted by Crippen LogP contribution is -2.30. The van der Waals surface area contributed by atoms with E-state index in [1.807, 2.05) is 0 Å². The first-order valence-electron chi connectivity index (χ1n) is 7.10. The molecule has 0 aliphatic heterocycles. The number of fused-ring (bicyclic) bond motifs is 2. The van der Waals surface area contributed by atoms with Gasteiger partial charge in [-0.15, -0.1) is 0 Å². The minimum absolute atomic E-state index is 0.389. The summed E-state index contributed by atoms with van der Waals surface area (Å²) in [7, 11) is 1.60. The highest BCUT2D eigenvalue weighted by molar-refractivity contribution is 5.61. The lowest BCUT2D eigenvalue weighted by Gasteiger charge is -2.29. The molecule has 0 spiro atoms. The van der Waals surface area contributed by atoms with Crippen LogP contribution < -0.4 is 15.8 Å². The van der Waals surface area contributed by atoms with Gasteiger partial charge in [-0.2, -0.15) is 0 Å². The van der Waals surface area contributed by atoms with Crippen LogP contribution in [0.15, 0.2) is 6.33 Å². The van der Waals surface area contributed by atoms with Gasteiger partial charge in [-0.3, -0.25) is 0 Å². The van der Waals surface area contributed by atoms with Gasteiger partial charge < -0.3 is 15.8 Å². The Balaban J connectivity index is 1.73. The van der Waals surface area contributed by atoms with E-state index in [1.165, 1.54) is 32.0 Å². The average Bonchev–Trinajstić information content (AvgIpc) is 3.01. The van der Waals surface area contributed by atoms with Gasteiger partial charge in [-0.25, -0.2) is 9.97 Å². The first kappa shape index (κ1) is 12.5. The Labute approximate surface area is 114 Å². The first-order valence-corrected chi connectivity index (χ1v) is 7.10. The molecule has 1 aromatic heterocycles. The molecular weight excluding hydrogens is 240 g/mol. The number of nitrogen functional groups attached to an aromatic ring is 1. The van der Waals surface area contributed by atoms with Crippen molar-refractivity contribution in [1.82, 2.24) is 9.97 Å². The van der Waals surface area contributed by atoms with Crippen LogP contribution in [0.1, 0.15) is 32.6 Å². The quantitative estimate of drug-likeness (QED) is 0.871. The molecule has 3 N–H and O–H groups in total. The summed E-state index contributed by atoms with van der Waals surface area (Å²) >= 11 is 0. The fourth-order valence-corrected chi connectivity index (χ4v) is 3.92. The molecule has 1 heterocycles. The summed E-state index contributed by atoms with van der Waals surface area (Å²) in [6, 6.07) is 0.401. The molecule has 19 heavy (non-hydrogen) atoms. The Morgan fingerprint density at radius 3 is 2.84 bits per heavy atom. The lowest BCUT2D eigenvalue weighted by atomic mass is 9.84. The lowest BCUT2D eigenvalue weighted by molar-refractivity contribution is 0.303. The number of aromatic nitrogens is 2. The smallest absolute Gasteiger partial charge is 0.203 e. The number of nitrogens with two attached hydrogens (primary N) is 1. The molecule has 0 saturated heterocycles. The number of hydrogen-bond acceptors (Lipinski definition) is 5. The van der Waals surface area contributed by atoms with E-state index in [-0.39, 0.29) is 0 Å². The van der Waals surface area contributed by atoms with Crippen molar-refractivity contribution in [2.24, 2.45) is 17.8 Å². The van der Waals surface area contributed by atoms with Gasteiger partial charge in [0, 0.05) is 6.04 Å². The number of rotatable bonds is 4. The standard InChI is InChI=1S/C14H22N4O/c1-8(11-6-9-3-4-10(11)5-9)18-14-12(19-2)13(15)16-7-17-14/h7-11H,3-6H2,1-2H3,(H3,15,16,17,18). The third kappa shape index (κ3) is 2.22. The van der Waals surface area contributed by atoms with Crippen LogP contribution >= 0.6 is 0 Å². The topological polar surface area (TPSA) is 73.1 Å². The molecule has 2 fully saturated rings. The van der Waals surface area contributed by atoms with E-state index in [9.17, 15) is 0 Å². The third-order valence-corrected chi connectivity index (χ3v) is 4.83. The van der Waals surface area contributed by atoms with Gasteiger partial charge in [0.05, 0.1) is 7.11 Å². The van der Waals surface area contributed by atoms with Gasteiger partial charge in [0.1, 0.15) is 6.33 Å². The molecule has 0 aromatic carbocycles. The molecule has 2 bridgehead atoms. The Kier molecular flexibility index (Phi) is 3.21. The maximum Gasteiger partial charge on any atom is 0.203 e. The summed E-state index contributed by atoms with van der Waals surface area (Å²) in [5.74, 6) is 4.25. The molecule has 4 unspecified atom stereocenters. The minimum Gasteiger partial charge on any atom is -0.490 e. The van der Waals surface area contributed by atoms with E-state index in [0.29, 0.717) is 23.4 Å². The summed E-state index contributed by atoms with van der Waals surface area (Å²) < 4.78 is 5.29. The van der Waals surface area contributed by atoms with Gasteiger partial charge in [-0.05, 0) is 43.9 Å². The van der Waals surface area contributed by atoms with Crippen LogP contribution in [0.5, 0.6) is 5.75 Å². The van der Waals surface area contributed by atoms with E-state index in [2.05, 4.69) is 22.2 Å². The fourth-order valence-electron chi connectivity index (χ4n) is 3.92. The van der Waals surface area contributed by atoms with Gasteiger partial charge in [0.25, 0.3) is 0 Å². The van der Waals surface area contributed by atoms with Crippen molar-refractivity contribution in [1.29, 1.82) is 0 Å². The van der Waals surface area contributed by atoms with Crippen LogP contribution in [0.25, 0.3) is 0 Å². The highest BCUT2D eigenvalue weighted by atomic mass is 16.5. The van der Waals surface area contributed by atoms with Crippen molar-refractivity contribution < 1.29 is 4.74 Å². The van der Waals surface area contributed by atoms with E-state index < -0.39 is 0 Å². The maximum absolute atomic E-state index is 5.81. The van der Waals surface area contributed by atoms with Gasteiger partial charge in [0.2, 0.25) is 5.75 Å². The Bertz CT molecular complexity index is 465. The summed E-state index contributed by atoms with van der Waals surface area (Å²) in [5, 5.41) is 3.47. The van der Waals surface area contributed by atoms with E-state index in [4.69, 9.17) is 10.5 Å². The molecule has 1 aromatic rings. The van der Waals surface area contributed by atoms with Crippen LogP contribution in [0, 0.1) is 17.8 Å². The van der Waals surface area contributed by atoms with Gasteiger partial charge in [0.15, 0.2) is 11.6 Å². The van der Waals surface area contributed by atoms with Crippen LogP contribution in [-0.2, 0) is 0 Å². The second-order valence-corrected chi connectivity index (χ2v) is 5.91. The molecule has 5 nitrogen and oxygen atoms in total. The minimum atomic E-state index is 0.389. The van der Waals surface area contributed by atoms with Gasteiger partial charge in [-0.1, -0.05) is 6.42 Å². The van der Waals surface area contributed by atoms with E-state index in [1.54, 1.807) is 7.11 Å². The predicted molar refractivity (Wildman–Crippen MR) is 75.0 cm³/mol. The predicted octanol–water partition coefficient (Wildman–Crippen LogP) is 2.30. The summed E-state index contributed by atoms with van der Waals surface area (Å²) in [6.45, 7) is 2.24. The molecular formula is C14H22N4O. The number of anilines is 2. The molecule has 2 saturated carbocycles. The van der Waals surface area contributed by atoms with Crippen LogP contribution in [0.4, 0.5) is 11.6 Å². The molecule has 104 valence electrons. The number of methoxy groups -OCH3 is 1. The number of ether oxygens (including phenoxy) is 1. The highest BCUT2D eigenvalue weighted by Crippen LogP contribution is 2.50. The summed E-state index contributed by atoms with van der Waals surface area (Å²) in [6.07, 6.45) is 7.07. The van der Waals surface area contributed by atoms with Crippen molar-refractivity contribution in [3.05, 3.63) is 6.33 Å². The monoisotopic (exact) mass is 262 g/mol. The second-order valence-electron chi connectivity index (χ2n) is 5.91. The van der Waals surface area contributed by atoms with Crippen LogP contribution in [-0.4, -0.2) is 23.1 Å². The largest absolute Gasteiger partial charge is 0.490 e. The van der Waals surface area contributed by atoms with Crippen LogP contribution in [0.3, 0.4) is 0 Å². The number of nitrogens with zero attached hydrogens (tertiary/aromatic N) is 2. The maximum atomic E-state index is 5.81. The van der Waals surface area contributed by atoms with Crippen LogP contribution in [0.2, 0.25) is 0 Å². The second kappa shape index (κ2) is 4.87. The Morgan fingerprint density at radius 2 is 2.21 bits per heavy atom. The molecule has 3 rings (SSSR count). The molecule has 2 aliphatic carbocycles. The normalized spacial score (nSPS) is 30.3. The number of nitrogens with one attached hydrogen (secondary N) is 1. The molecule has 0 radical (unpaired) electrons. The van der Waals surface area contributed by atoms with Crippen molar-refractivity contribution in [3.8, 4) is 5.75 Å². The SMILES string of the molecule is COc1c(N)ncnc1NC(C)C1CC2CCC1C2. The van der Waals surface area contributed by atoms with Crippen molar-refractivity contribution in [2.45, 2.75) is 38.6 Å². The van der Waals surface area contributed by atoms with Crippen molar-refractivity contribution in [3.63, 3.8) is 0 Å². The molecule has 0 amide bonds. The first-order chi connectivity index (χ1) is 9.19. The van der Waals surface area contributed by atoms with Crippen molar-refractivity contribution >= 4 is 11.6 Å². The molecule has 2 aliphatic rings.